The molecule has 1 amide bonds. The Morgan fingerprint density at radius 1 is 1.50 bits per heavy atom. The third kappa shape index (κ3) is 5.50. The summed E-state index contributed by atoms with van der Waals surface area (Å²) >= 11 is 0. The van der Waals surface area contributed by atoms with Crippen LogP contribution in [0.1, 0.15) is 18.9 Å². The third-order valence-corrected chi connectivity index (χ3v) is 2.48. The molecule has 0 aliphatic rings. The number of hydrogen-bond donors (Lipinski definition) is 2. The molecule has 0 radical (unpaired) electrons. The maximum absolute atomic E-state index is 10.6. The molecule has 1 rings (SSSR count). The van der Waals surface area contributed by atoms with E-state index >= 15 is 0 Å². The summed E-state index contributed by atoms with van der Waals surface area (Å²) in [6.07, 6.45) is 2.85. The minimum Gasteiger partial charge on any atom is -0.484 e. The minimum absolute atomic E-state index is 0.0893. The van der Waals surface area contributed by atoms with E-state index in [4.69, 9.17) is 10.5 Å². The number of amides is 1. The summed E-state index contributed by atoms with van der Waals surface area (Å²) in [7, 11) is 0. The lowest BCUT2D eigenvalue weighted by molar-refractivity contribution is -0.119. The van der Waals surface area contributed by atoms with Crippen molar-refractivity contribution in [3.05, 3.63) is 42.5 Å². The molecule has 0 aliphatic heterocycles. The predicted octanol–water partition coefficient (Wildman–Crippen LogP) is 1.60. The molecule has 0 heterocycles. The Hall–Kier alpha value is -1.81. The first-order chi connectivity index (χ1) is 8.61. The number of rotatable bonds is 8. The van der Waals surface area contributed by atoms with Crippen LogP contribution in [-0.2, 0) is 11.3 Å². The molecule has 0 saturated heterocycles. The van der Waals surface area contributed by atoms with E-state index in [2.05, 4.69) is 18.8 Å². The van der Waals surface area contributed by atoms with E-state index < -0.39 is 5.91 Å². The van der Waals surface area contributed by atoms with Gasteiger partial charge in [0, 0.05) is 12.6 Å². The summed E-state index contributed by atoms with van der Waals surface area (Å²) in [4.78, 5) is 10.6. The molecule has 1 aromatic carbocycles. The van der Waals surface area contributed by atoms with E-state index in [1.807, 2.05) is 30.3 Å². The molecule has 0 bridgehead atoms. The van der Waals surface area contributed by atoms with E-state index in [9.17, 15) is 4.79 Å². The molecule has 0 spiro atoms. The van der Waals surface area contributed by atoms with Crippen molar-refractivity contribution in [1.29, 1.82) is 0 Å². The van der Waals surface area contributed by atoms with Crippen LogP contribution in [-0.4, -0.2) is 18.6 Å². The summed E-state index contributed by atoms with van der Waals surface area (Å²) in [6, 6.07) is 8.00. The van der Waals surface area contributed by atoms with Gasteiger partial charge < -0.3 is 15.8 Å². The summed E-state index contributed by atoms with van der Waals surface area (Å²) in [6.45, 7) is 6.53. The van der Waals surface area contributed by atoms with Crippen LogP contribution in [0.5, 0.6) is 5.75 Å². The fraction of sp³-hybridized carbons (Fsp3) is 0.357. The normalized spacial score (nSPS) is 11.8. The second-order valence-electron chi connectivity index (χ2n) is 4.21. The molecular weight excluding hydrogens is 228 g/mol. The lowest BCUT2D eigenvalue weighted by atomic mass is 10.2. The number of nitrogens with one attached hydrogen (secondary N) is 1. The molecule has 1 aromatic rings. The number of carbonyl (C=O) groups is 1. The molecule has 0 saturated carbocycles. The number of carbonyl (C=O) groups excluding carboxylic acids is 1. The van der Waals surface area contributed by atoms with E-state index in [1.54, 1.807) is 0 Å². The van der Waals surface area contributed by atoms with Gasteiger partial charge in [0.05, 0.1) is 0 Å². The van der Waals surface area contributed by atoms with Gasteiger partial charge in [-0.25, -0.2) is 0 Å². The van der Waals surface area contributed by atoms with Crippen molar-refractivity contribution in [2.45, 2.75) is 25.9 Å². The molecule has 18 heavy (non-hydrogen) atoms. The maximum atomic E-state index is 10.6. The van der Waals surface area contributed by atoms with Crippen LogP contribution < -0.4 is 15.8 Å². The van der Waals surface area contributed by atoms with Crippen molar-refractivity contribution in [2.24, 2.45) is 5.73 Å². The standard InChI is InChI=1S/C14H20N2O2/c1-3-4-11(2)16-9-12-5-7-13(8-6-12)18-10-14(15)17/h3,5-8,11,16H,1,4,9-10H2,2H3,(H2,15,17). The molecule has 0 aromatic heterocycles. The van der Waals surface area contributed by atoms with Gasteiger partial charge in [0.25, 0.3) is 5.91 Å². The van der Waals surface area contributed by atoms with Crippen molar-refractivity contribution in [3.63, 3.8) is 0 Å². The minimum atomic E-state index is -0.473. The SMILES string of the molecule is C=CCC(C)NCc1ccc(OCC(N)=O)cc1. The van der Waals surface area contributed by atoms with E-state index in [-0.39, 0.29) is 6.61 Å². The second kappa shape index (κ2) is 7.50. The van der Waals surface area contributed by atoms with Gasteiger partial charge >= 0.3 is 0 Å². The Bertz CT molecular complexity index is 387. The first-order valence-corrected chi connectivity index (χ1v) is 5.96. The van der Waals surface area contributed by atoms with Gasteiger partial charge in [0.1, 0.15) is 5.75 Å². The number of hydrogen-bond acceptors (Lipinski definition) is 3. The summed E-state index contributed by atoms with van der Waals surface area (Å²) in [5.74, 6) is 0.177. The summed E-state index contributed by atoms with van der Waals surface area (Å²) in [5, 5.41) is 3.38. The fourth-order valence-corrected chi connectivity index (χ4v) is 1.48. The zero-order valence-corrected chi connectivity index (χ0v) is 10.7. The Kier molecular flexibility index (Phi) is 5.94. The number of benzene rings is 1. The van der Waals surface area contributed by atoms with Crippen LogP contribution in [0.4, 0.5) is 0 Å². The maximum Gasteiger partial charge on any atom is 0.255 e. The highest BCUT2D eigenvalue weighted by Crippen LogP contribution is 2.12. The van der Waals surface area contributed by atoms with E-state index in [1.165, 1.54) is 0 Å². The zero-order valence-electron chi connectivity index (χ0n) is 10.7. The van der Waals surface area contributed by atoms with Crippen LogP contribution in [0.3, 0.4) is 0 Å². The monoisotopic (exact) mass is 248 g/mol. The first kappa shape index (κ1) is 14.3. The molecule has 1 atom stereocenters. The first-order valence-electron chi connectivity index (χ1n) is 5.96. The van der Waals surface area contributed by atoms with Crippen LogP contribution in [0.25, 0.3) is 0 Å². The average Bonchev–Trinajstić information content (AvgIpc) is 2.35. The highest BCUT2D eigenvalue weighted by atomic mass is 16.5. The molecular formula is C14H20N2O2. The van der Waals surface area contributed by atoms with Crippen LogP contribution in [0, 0.1) is 0 Å². The molecule has 4 nitrogen and oxygen atoms in total. The van der Waals surface area contributed by atoms with Crippen molar-refractivity contribution in [3.8, 4) is 5.75 Å². The number of ether oxygens (including phenoxy) is 1. The summed E-state index contributed by atoms with van der Waals surface area (Å²) < 4.78 is 5.18. The molecule has 3 N–H and O–H groups in total. The summed E-state index contributed by atoms with van der Waals surface area (Å²) in [5.41, 5.74) is 6.16. The van der Waals surface area contributed by atoms with Crippen molar-refractivity contribution in [1.82, 2.24) is 5.32 Å². The number of nitrogens with two attached hydrogens (primary N) is 1. The largest absolute Gasteiger partial charge is 0.484 e. The molecule has 0 aliphatic carbocycles. The van der Waals surface area contributed by atoms with Crippen molar-refractivity contribution < 1.29 is 9.53 Å². The van der Waals surface area contributed by atoms with Gasteiger partial charge in [0.2, 0.25) is 0 Å². The quantitative estimate of drug-likeness (QED) is 0.687. The Morgan fingerprint density at radius 2 is 2.17 bits per heavy atom. The van der Waals surface area contributed by atoms with Gasteiger partial charge in [-0.05, 0) is 31.0 Å². The van der Waals surface area contributed by atoms with Gasteiger partial charge in [-0.1, -0.05) is 18.2 Å². The second-order valence-corrected chi connectivity index (χ2v) is 4.21. The molecule has 1 unspecified atom stereocenters. The Labute approximate surface area is 108 Å². The van der Waals surface area contributed by atoms with Crippen molar-refractivity contribution >= 4 is 5.91 Å². The van der Waals surface area contributed by atoms with Crippen LogP contribution >= 0.6 is 0 Å². The van der Waals surface area contributed by atoms with Gasteiger partial charge in [-0.3, -0.25) is 4.79 Å². The lowest BCUT2D eigenvalue weighted by Crippen LogP contribution is -2.24. The number of primary amides is 1. The topological polar surface area (TPSA) is 64.3 Å². The Morgan fingerprint density at radius 3 is 2.72 bits per heavy atom. The third-order valence-electron chi connectivity index (χ3n) is 2.48. The fourth-order valence-electron chi connectivity index (χ4n) is 1.48. The zero-order chi connectivity index (χ0) is 13.4. The van der Waals surface area contributed by atoms with Gasteiger partial charge in [0.15, 0.2) is 6.61 Å². The highest BCUT2D eigenvalue weighted by Gasteiger charge is 2.00. The van der Waals surface area contributed by atoms with E-state index in [0.29, 0.717) is 11.8 Å². The van der Waals surface area contributed by atoms with Gasteiger partial charge in [-0.15, -0.1) is 6.58 Å². The smallest absolute Gasteiger partial charge is 0.255 e. The molecule has 4 heteroatoms. The van der Waals surface area contributed by atoms with Crippen LogP contribution in [0.15, 0.2) is 36.9 Å². The van der Waals surface area contributed by atoms with Crippen LogP contribution in [0.2, 0.25) is 0 Å². The molecule has 0 fully saturated rings. The van der Waals surface area contributed by atoms with E-state index in [0.717, 1.165) is 18.5 Å². The van der Waals surface area contributed by atoms with Crippen molar-refractivity contribution in [2.75, 3.05) is 6.61 Å². The predicted molar refractivity (Wildman–Crippen MR) is 72.2 cm³/mol. The van der Waals surface area contributed by atoms with Gasteiger partial charge in [-0.2, -0.15) is 0 Å². The highest BCUT2D eigenvalue weighted by molar-refractivity contribution is 5.75. The molecule has 98 valence electrons. The Balaban J connectivity index is 2.40. The average molecular weight is 248 g/mol. The lowest BCUT2D eigenvalue weighted by Gasteiger charge is -2.11.